The van der Waals surface area contributed by atoms with E-state index >= 15 is 0 Å². The maximum Gasteiger partial charge on any atom is 0.225 e. The zero-order chi connectivity index (χ0) is 12.7. The Morgan fingerprint density at radius 1 is 1.22 bits per heavy atom. The first-order valence-corrected chi connectivity index (χ1v) is 7.16. The van der Waals surface area contributed by atoms with Gasteiger partial charge in [0.05, 0.1) is 0 Å². The van der Waals surface area contributed by atoms with Gasteiger partial charge in [0.15, 0.2) is 4.77 Å². The van der Waals surface area contributed by atoms with Gasteiger partial charge in [-0.2, -0.15) is 0 Å². The van der Waals surface area contributed by atoms with Gasteiger partial charge in [-0.1, -0.05) is 0 Å². The molecule has 5 nitrogen and oxygen atoms in total. The van der Waals surface area contributed by atoms with E-state index in [4.69, 9.17) is 12.2 Å². The van der Waals surface area contributed by atoms with E-state index in [0.29, 0.717) is 12.1 Å². The lowest BCUT2D eigenvalue weighted by Gasteiger charge is -2.35. The summed E-state index contributed by atoms with van der Waals surface area (Å²) in [5, 5.41) is 7.38. The van der Waals surface area contributed by atoms with E-state index in [1.165, 1.54) is 25.7 Å². The quantitative estimate of drug-likeness (QED) is 0.848. The van der Waals surface area contributed by atoms with Gasteiger partial charge in [-0.15, -0.1) is 5.10 Å². The topological polar surface area (TPSA) is 40.1 Å². The zero-order valence-electron chi connectivity index (χ0n) is 11.1. The summed E-state index contributed by atoms with van der Waals surface area (Å²) in [6, 6.07) is 1.30. The second-order valence-electron chi connectivity index (χ2n) is 5.61. The summed E-state index contributed by atoms with van der Waals surface area (Å²) in [4.78, 5) is 4.71. The second kappa shape index (κ2) is 4.66. The molecule has 1 aliphatic heterocycles. The van der Waals surface area contributed by atoms with Crippen LogP contribution >= 0.6 is 12.2 Å². The summed E-state index contributed by atoms with van der Waals surface area (Å²) in [7, 11) is 4.33. The maximum atomic E-state index is 5.33. The Hall–Kier alpha value is -0.880. The number of aromatic amines is 1. The molecule has 100 valence electrons. The van der Waals surface area contributed by atoms with E-state index in [2.05, 4.69) is 38.7 Å². The van der Waals surface area contributed by atoms with Gasteiger partial charge in [-0.05, 0) is 52.0 Å². The van der Waals surface area contributed by atoms with Crippen LogP contribution in [0.15, 0.2) is 0 Å². The predicted molar refractivity (Wildman–Crippen MR) is 74.6 cm³/mol. The molecule has 1 N–H and O–H groups in total. The van der Waals surface area contributed by atoms with Crippen LogP contribution in [0.3, 0.4) is 0 Å². The number of anilines is 1. The molecule has 1 saturated carbocycles. The van der Waals surface area contributed by atoms with Crippen molar-refractivity contribution < 1.29 is 0 Å². The molecule has 2 fully saturated rings. The molecular weight excluding hydrogens is 246 g/mol. The summed E-state index contributed by atoms with van der Waals surface area (Å²) in [6.07, 6.45) is 4.90. The number of hydrogen-bond acceptors (Lipinski definition) is 4. The predicted octanol–water partition coefficient (Wildman–Crippen LogP) is 1.81. The van der Waals surface area contributed by atoms with Crippen molar-refractivity contribution in [2.45, 2.75) is 37.8 Å². The maximum absolute atomic E-state index is 5.33. The van der Waals surface area contributed by atoms with Crippen molar-refractivity contribution in [2.75, 3.05) is 32.1 Å². The van der Waals surface area contributed by atoms with Gasteiger partial charge in [0.1, 0.15) is 0 Å². The Morgan fingerprint density at radius 3 is 2.44 bits per heavy atom. The van der Waals surface area contributed by atoms with Gasteiger partial charge in [0.25, 0.3) is 0 Å². The fraction of sp³-hybridized carbons (Fsp3) is 0.833. The van der Waals surface area contributed by atoms with Crippen LogP contribution < -0.4 is 4.90 Å². The van der Waals surface area contributed by atoms with Crippen LogP contribution in [0.5, 0.6) is 0 Å². The van der Waals surface area contributed by atoms with Gasteiger partial charge in [0, 0.05) is 25.2 Å². The fourth-order valence-electron chi connectivity index (χ4n) is 2.76. The minimum atomic E-state index is 0.595. The van der Waals surface area contributed by atoms with Crippen molar-refractivity contribution >= 4 is 18.2 Å². The minimum absolute atomic E-state index is 0.595. The van der Waals surface area contributed by atoms with Gasteiger partial charge in [-0.3, -0.25) is 4.57 Å². The van der Waals surface area contributed by atoms with Crippen LogP contribution in [0.2, 0.25) is 0 Å². The third-order valence-electron chi connectivity index (χ3n) is 4.08. The monoisotopic (exact) mass is 267 g/mol. The summed E-state index contributed by atoms with van der Waals surface area (Å²) in [6.45, 7) is 2.16. The van der Waals surface area contributed by atoms with E-state index in [0.717, 1.165) is 23.8 Å². The molecule has 2 aliphatic rings. The lowest BCUT2D eigenvalue weighted by molar-refractivity contribution is 0.248. The number of hydrogen-bond donors (Lipinski definition) is 1. The average molecular weight is 267 g/mol. The molecule has 0 bridgehead atoms. The van der Waals surface area contributed by atoms with Crippen molar-refractivity contribution in [2.24, 2.45) is 0 Å². The van der Waals surface area contributed by atoms with Crippen LogP contribution in [0.4, 0.5) is 5.95 Å². The van der Waals surface area contributed by atoms with Crippen molar-refractivity contribution in [1.29, 1.82) is 0 Å². The first kappa shape index (κ1) is 12.2. The Balaban J connectivity index is 1.75. The van der Waals surface area contributed by atoms with E-state index in [1.807, 2.05) is 0 Å². The molecule has 2 heterocycles. The van der Waals surface area contributed by atoms with Crippen LogP contribution in [0.25, 0.3) is 0 Å². The van der Waals surface area contributed by atoms with Crippen LogP contribution in [0, 0.1) is 4.77 Å². The van der Waals surface area contributed by atoms with E-state index in [9.17, 15) is 0 Å². The molecule has 3 rings (SSSR count). The lowest BCUT2D eigenvalue weighted by Crippen LogP contribution is -2.42. The Morgan fingerprint density at radius 2 is 1.89 bits per heavy atom. The molecule has 1 aliphatic carbocycles. The molecule has 0 aromatic carbocycles. The average Bonchev–Trinajstić information content (AvgIpc) is 3.13. The molecule has 1 aromatic rings. The normalized spacial score (nSPS) is 21.8. The molecule has 0 spiro atoms. The molecule has 1 saturated heterocycles. The number of piperidine rings is 1. The van der Waals surface area contributed by atoms with E-state index in [1.54, 1.807) is 0 Å². The summed E-state index contributed by atoms with van der Waals surface area (Å²) in [5.41, 5.74) is 0. The Labute approximate surface area is 113 Å². The van der Waals surface area contributed by atoms with Crippen molar-refractivity contribution in [3.63, 3.8) is 0 Å². The fourth-order valence-corrected chi connectivity index (χ4v) is 3.04. The Kier molecular flexibility index (Phi) is 3.15. The standard InChI is InChI=1S/C12H21N5S/c1-15(2)9-5-7-16(8-6-9)11-13-14-12(18)17(11)10-3-4-10/h9-10H,3-8H2,1-2H3,(H,14,18). The smallest absolute Gasteiger partial charge is 0.225 e. The first-order valence-electron chi connectivity index (χ1n) is 6.75. The van der Waals surface area contributed by atoms with Crippen LogP contribution in [0.1, 0.15) is 31.7 Å². The van der Waals surface area contributed by atoms with Crippen LogP contribution in [-0.2, 0) is 0 Å². The van der Waals surface area contributed by atoms with E-state index in [-0.39, 0.29) is 0 Å². The molecule has 0 amide bonds. The lowest BCUT2D eigenvalue weighted by atomic mass is 10.0. The summed E-state index contributed by atoms with van der Waals surface area (Å²) >= 11 is 5.33. The van der Waals surface area contributed by atoms with Crippen molar-refractivity contribution in [1.82, 2.24) is 19.7 Å². The highest BCUT2D eigenvalue weighted by Gasteiger charge is 2.30. The third kappa shape index (κ3) is 2.19. The van der Waals surface area contributed by atoms with Crippen LogP contribution in [-0.4, -0.2) is 52.9 Å². The van der Waals surface area contributed by atoms with Gasteiger partial charge in [0.2, 0.25) is 5.95 Å². The molecular formula is C12H21N5S. The molecule has 0 radical (unpaired) electrons. The number of H-pyrrole nitrogens is 1. The number of aromatic nitrogens is 3. The first-order chi connectivity index (χ1) is 8.66. The van der Waals surface area contributed by atoms with Crippen molar-refractivity contribution in [3.8, 4) is 0 Å². The molecule has 0 unspecified atom stereocenters. The number of rotatable bonds is 3. The van der Waals surface area contributed by atoms with Gasteiger partial charge >= 0.3 is 0 Å². The highest BCUT2D eigenvalue weighted by molar-refractivity contribution is 7.71. The molecule has 18 heavy (non-hydrogen) atoms. The van der Waals surface area contributed by atoms with Gasteiger partial charge in [-0.25, -0.2) is 5.10 Å². The summed E-state index contributed by atoms with van der Waals surface area (Å²) in [5.74, 6) is 1.06. The molecule has 1 aromatic heterocycles. The van der Waals surface area contributed by atoms with Gasteiger partial charge < -0.3 is 9.80 Å². The minimum Gasteiger partial charge on any atom is -0.341 e. The highest BCUT2D eigenvalue weighted by Crippen LogP contribution is 2.38. The largest absolute Gasteiger partial charge is 0.341 e. The zero-order valence-corrected chi connectivity index (χ0v) is 11.9. The number of nitrogens with zero attached hydrogens (tertiary/aromatic N) is 4. The second-order valence-corrected chi connectivity index (χ2v) is 6.00. The van der Waals surface area contributed by atoms with E-state index < -0.39 is 0 Å². The number of nitrogens with one attached hydrogen (secondary N) is 1. The molecule has 0 atom stereocenters. The third-order valence-corrected chi connectivity index (χ3v) is 4.36. The SMILES string of the molecule is CN(C)C1CCN(c2n[nH]c(=S)n2C2CC2)CC1. The summed E-state index contributed by atoms with van der Waals surface area (Å²) < 4.78 is 2.99. The van der Waals surface area contributed by atoms with Crippen molar-refractivity contribution in [3.05, 3.63) is 4.77 Å². The highest BCUT2D eigenvalue weighted by atomic mass is 32.1. The Bertz CT molecular complexity index is 465. The molecule has 6 heteroatoms.